The van der Waals surface area contributed by atoms with Crippen molar-refractivity contribution in [3.63, 3.8) is 0 Å². The Morgan fingerprint density at radius 2 is 2.06 bits per heavy atom. The van der Waals surface area contributed by atoms with Gasteiger partial charge in [0.2, 0.25) is 0 Å². The predicted molar refractivity (Wildman–Crippen MR) is 65.9 cm³/mol. The zero-order chi connectivity index (χ0) is 11.8. The van der Waals surface area contributed by atoms with Crippen LogP contribution in [0.4, 0.5) is 0 Å². The van der Waals surface area contributed by atoms with Crippen LogP contribution in [0, 0.1) is 6.92 Å². The summed E-state index contributed by atoms with van der Waals surface area (Å²) < 4.78 is 10.9. The van der Waals surface area contributed by atoms with Gasteiger partial charge < -0.3 is 15.2 Å². The lowest BCUT2D eigenvalue weighted by molar-refractivity contribution is 0.110. The van der Waals surface area contributed by atoms with E-state index in [4.69, 9.17) is 15.2 Å². The summed E-state index contributed by atoms with van der Waals surface area (Å²) in [6, 6.07) is 6.19. The number of aryl methyl sites for hydroxylation is 1. The molecule has 2 N–H and O–H groups in total. The predicted octanol–water partition coefficient (Wildman–Crippen LogP) is 1.91. The number of ether oxygens (including phenoxy) is 2. The minimum absolute atomic E-state index is 0.592. The maximum Gasteiger partial charge on any atom is 0.122 e. The van der Waals surface area contributed by atoms with Gasteiger partial charge in [-0.2, -0.15) is 0 Å². The van der Waals surface area contributed by atoms with Crippen LogP contribution in [-0.4, -0.2) is 26.4 Å². The Kier molecular flexibility index (Phi) is 5.90. The molecule has 0 bridgehead atoms. The van der Waals surface area contributed by atoms with Crippen LogP contribution in [0.25, 0.3) is 0 Å². The lowest BCUT2D eigenvalue weighted by atomic mass is 10.1. The highest BCUT2D eigenvalue weighted by atomic mass is 16.5. The summed E-state index contributed by atoms with van der Waals surface area (Å²) in [5.74, 6) is 0.927. The Balaban J connectivity index is 2.56. The summed E-state index contributed by atoms with van der Waals surface area (Å²) >= 11 is 0. The topological polar surface area (TPSA) is 44.5 Å². The molecule has 1 aromatic rings. The first-order valence-electron chi connectivity index (χ1n) is 5.78. The molecular formula is C13H21NO2. The van der Waals surface area contributed by atoms with Crippen molar-refractivity contribution in [3.05, 3.63) is 29.3 Å². The van der Waals surface area contributed by atoms with Crippen LogP contribution in [0.3, 0.4) is 0 Å². The Morgan fingerprint density at radius 3 is 2.75 bits per heavy atom. The number of hydrogen-bond acceptors (Lipinski definition) is 3. The first-order valence-corrected chi connectivity index (χ1v) is 5.78. The normalized spacial score (nSPS) is 10.4. The average molecular weight is 223 g/mol. The van der Waals surface area contributed by atoms with Crippen LogP contribution in [0.2, 0.25) is 0 Å². The summed E-state index contributed by atoms with van der Waals surface area (Å²) in [6.07, 6.45) is 0.853. The molecule has 0 radical (unpaired) electrons. The van der Waals surface area contributed by atoms with Gasteiger partial charge in [0.25, 0.3) is 0 Å². The van der Waals surface area contributed by atoms with Crippen molar-refractivity contribution in [2.75, 3.05) is 26.4 Å². The standard InChI is InChI=1S/C13H21NO2/c1-3-15-8-9-16-13-5-4-11(2)10-12(13)6-7-14/h4-5,10H,3,6-9,14H2,1-2H3. The molecule has 3 heteroatoms. The second-order valence-electron chi connectivity index (χ2n) is 3.70. The maximum absolute atomic E-state index is 5.67. The first-order chi connectivity index (χ1) is 7.77. The minimum Gasteiger partial charge on any atom is -0.491 e. The van der Waals surface area contributed by atoms with E-state index in [1.165, 1.54) is 11.1 Å². The van der Waals surface area contributed by atoms with Crippen LogP contribution in [-0.2, 0) is 11.2 Å². The molecule has 1 aromatic carbocycles. The molecule has 0 atom stereocenters. The van der Waals surface area contributed by atoms with Gasteiger partial charge in [-0.25, -0.2) is 0 Å². The van der Waals surface area contributed by atoms with E-state index in [0.717, 1.165) is 18.8 Å². The van der Waals surface area contributed by atoms with E-state index in [-0.39, 0.29) is 0 Å². The zero-order valence-corrected chi connectivity index (χ0v) is 10.2. The highest BCUT2D eigenvalue weighted by molar-refractivity contribution is 5.37. The quantitative estimate of drug-likeness (QED) is 0.718. The van der Waals surface area contributed by atoms with Crippen molar-refractivity contribution in [2.24, 2.45) is 5.73 Å². The van der Waals surface area contributed by atoms with Gasteiger partial charge in [0.1, 0.15) is 12.4 Å². The summed E-state index contributed by atoms with van der Waals surface area (Å²) in [5, 5.41) is 0. The molecule has 0 saturated heterocycles. The largest absolute Gasteiger partial charge is 0.491 e. The van der Waals surface area contributed by atoms with Crippen molar-refractivity contribution < 1.29 is 9.47 Å². The molecule has 0 spiro atoms. The van der Waals surface area contributed by atoms with Gasteiger partial charge in [-0.05, 0) is 38.4 Å². The highest BCUT2D eigenvalue weighted by Gasteiger charge is 2.03. The van der Waals surface area contributed by atoms with E-state index in [0.29, 0.717) is 19.8 Å². The minimum atomic E-state index is 0.592. The lowest BCUT2D eigenvalue weighted by Crippen LogP contribution is -2.09. The van der Waals surface area contributed by atoms with Crippen molar-refractivity contribution in [1.29, 1.82) is 0 Å². The van der Waals surface area contributed by atoms with Crippen LogP contribution >= 0.6 is 0 Å². The van der Waals surface area contributed by atoms with Gasteiger partial charge in [-0.15, -0.1) is 0 Å². The summed E-state index contributed by atoms with van der Waals surface area (Å²) in [6.45, 7) is 6.65. The van der Waals surface area contributed by atoms with Crippen molar-refractivity contribution in [3.8, 4) is 5.75 Å². The number of rotatable bonds is 7. The third-order valence-electron chi connectivity index (χ3n) is 2.32. The average Bonchev–Trinajstić information content (AvgIpc) is 2.27. The van der Waals surface area contributed by atoms with Crippen LogP contribution in [0.5, 0.6) is 5.75 Å². The fraction of sp³-hybridized carbons (Fsp3) is 0.538. The number of benzene rings is 1. The van der Waals surface area contributed by atoms with Gasteiger partial charge in [0.15, 0.2) is 0 Å². The Labute approximate surface area is 97.6 Å². The Morgan fingerprint density at radius 1 is 1.25 bits per heavy atom. The molecule has 90 valence electrons. The fourth-order valence-corrected chi connectivity index (χ4v) is 1.55. The van der Waals surface area contributed by atoms with E-state index in [9.17, 15) is 0 Å². The second-order valence-corrected chi connectivity index (χ2v) is 3.70. The van der Waals surface area contributed by atoms with Gasteiger partial charge in [0, 0.05) is 6.61 Å². The molecule has 0 aromatic heterocycles. The Hall–Kier alpha value is -1.06. The third kappa shape index (κ3) is 4.21. The van der Waals surface area contributed by atoms with Crippen molar-refractivity contribution >= 4 is 0 Å². The van der Waals surface area contributed by atoms with Gasteiger partial charge in [0.05, 0.1) is 6.61 Å². The van der Waals surface area contributed by atoms with Crippen LogP contribution in [0.15, 0.2) is 18.2 Å². The summed E-state index contributed by atoms with van der Waals surface area (Å²) in [4.78, 5) is 0. The molecule has 0 aliphatic rings. The zero-order valence-electron chi connectivity index (χ0n) is 10.2. The molecule has 1 rings (SSSR count). The number of nitrogens with two attached hydrogens (primary N) is 1. The molecular weight excluding hydrogens is 202 g/mol. The third-order valence-corrected chi connectivity index (χ3v) is 2.32. The summed E-state index contributed by atoms with van der Waals surface area (Å²) in [5.41, 5.74) is 7.99. The van der Waals surface area contributed by atoms with Crippen molar-refractivity contribution in [2.45, 2.75) is 20.3 Å². The molecule has 0 aliphatic heterocycles. The SMILES string of the molecule is CCOCCOc1ccc(C)cc1CCN. The molecule has 0 fully saturated rings. The van der Waals surface area contributed by atoms with Crippen LogP contribution < -0.4 is 10.5 Å². The molecule has 0 aliphatic carbocycles. The molecule has 0 heterocycles. The van der Waals surface area contributed by atoms with E-state index < -0.39 is 0 Å². The molecule has 0 unspecified atom stereocenters. The van der Waals surface area contributed by atoms with Gasteiger partial charge in [-0.3, -0.25) is 0 Å². The fourth-order valence-electron chi connectivity index (χ4n) is 1.55. The molecule has 0 amide bonds. The maximum atomic E-state index is 5.67. The molecule has 0 saturated carbocycles. The van der Waals surface area contributed by atoms with Gasteiger partial charge >= 0.3 is 0 Å². The van der Waals surface area contributed by atoms with E-state index in [2.05, 4.69) is 19.1 Å². The number of hydrogen-bond donors (Lipinski definition) is 1. The summed E-state index contributed by atoms with van der Waals surface area (Å²) in [7, 11) is 0. The van der Waals surface area contributed by atoms with E-state index in [1.807, 2.05) is 13.0 Å². The van der Waals surface area contributed by atoms with E-state index in [1.54, 1.807) is 0 Å². The monoisotopic (exact) mass is 223 g/mol. The van der Waals surface area contributed by atoms with Crippen molar-refractivity contribution in [1.82, 2.24) is 0 Å². The molecule has 16 heavy (non-hydrogen) atoms. The highest BCUT2D eigenvalue weighted by Crippen LogP contribution is 2.20. The van der Waals surface area contributed by atoms with Gasteiger partial charge in [-0.1, -0.05) is 17.7 Å². The lowest BCUT2D eigenvalue weighted by Gasteiger charge is -2.11. The smallest absolute Gasteiger partial charge is 0.122 e. The molecule has 3 nitrogen and oxygen atoms in total. The second kappa shape index (κ2) is 7.25. The van der Waals surface area contributed by atoms with Crippen LogP contribution in [0.1, 0.15) is 18.1 Å². The van der Waals surface area contributed by atoms with E-state index >= 15 is 0 Å². The Bertz CT molecular complexity index is 313. The first kappa shape index (κ1) is 13.0.